The Morgan fingerprint density at radius 2 is 1.73 bits per heavy atom. The van der Waals surface area contributed by atoms with Crippen LogP contribution in [0.3, 0.4) is 0 Å². The van der Waals surface area contributed by atoms with Gasteiger partial charge in [0.2, 0.25) is 5.95 Å². The number of hydrogen-bond acceptors (Lipinski definition) is 5. The van der Waals surface area contributed by atoms with Gasteiger partial charge in [0.25, 0.3) is 5.91 Å². The summed E-state index contributed by atoms with van der Waals surface area (Å²) in [6.07, 6.45) is 1.99. The fraction of sp³-hybridized carbons (Fsp3) is 0.310. The quantitative estimate of drug-likeness (QED) is 0.314. The van der Waals surface area contributed by atoms with E-state index in [-0.39, 0.29) is 11.7 Å². The van der Waals surface area contributed by atoms with E-state index < -0.39 is 0 Å². The van der Waals surface area contributed by atoms with Gasteiger partial charge in [0.15, 0.2) is 0 Å². The third kappa shape index (κ3) is 5.91. The van der Waals surface area contributed by atoms with Gasteiger partial charge in [-0.25, -0.2) is 9.37 Å². The lowest BCUT2D eigenvalue weighted by Gasteiger charge is -2.32. The number of carbonyl (C=O) groups is 1. The number of rotatable bonds is 9. The van der Waals surface area contributed by atoms with E-state index in [1.807, 2.05) is 61.6 Å². The number of carbonyl (C=O) groups excluding carboxylic acids is 1. The molecule has 2 heterocycles. The normalized spacial score (nSPS) is 14.5. The average Bonchev–Trinajstić information content (AvgIpc) is 3.27. The molecule has 7 nitrogen and oxygen atoms in total. The Morgan fingerprint density at radius 3 is 2.51 bits per heavy atom. The van der Waals surface area contributed by atoms with E-state index in [4.69, 9.17) is 4.98 Å². The molecule has 1 fully saturated rings. The lowest BCUT2D eigenvalue weighted by atomic mass is 10.1. The first kappa shape index (κ1) is 24.8. The van der Waals surface area contributed by atoms with Gasteiger partial charge in [-0.05, 0) is 54.8 Å². The molecule has 0 saturated carbocycles. The molecule has 1 aliphatic rings. The number of hydrogen-bond donors (Lipinski definition) is 3. The van der Waals surface area contributed by atoms with Gasteiger partial charge in [-0.1, -0.05) is 36.4 Å². The maximum atomic E-state index is 13.4. The van der Waals surface area contributed by atoms with Gasteiger partial charge in [0, 0.05) is 45.0 Å². The second-order valence-corrected chi connectivity index (χ2v) is 9.45. The van der Waals surface area contributed by atoms with Gasteiger partial charge in [0.05, 0.1) is 23.1 Å². The standard InChI is InChI=1S/C29H33FN6O/c1-31-25-7-3-2-6-24(25)28(37)32-16-19-35-17-14-23(15-18-35)33-29-34-26-8-4-5-9-27(26)36(29)20-21-10-12-22(30)13-11-21/h2-13,23,31H,14-20H2,1H3,(H,32,37)(H,33,34). The molecule has 37 heavy (non-hydrogen) atoms. The summed E-state index contributed by atoms with van der Waals surface area (Å²) in [5.41, 5.74) is 4.53. The van der Waals surface area contributed by atoms with E-state index >= 15 is 0 Å². The van der Waals surface area contributed by atoms with Gasteiger partial charge in [-0.2, -0.15) is 0 Å². The smallest absolute Gasteiger partial charge is 0.253 e. The monoisotopic (exact) mass is 500 g/mol. The molecule has 1 aromatic heterocycles. The fourth-order valence-electron chi connectivity index (χ4n) is 4.92. The SMILES string of the molecule is CNc1ccccc1C(=O)NCCN1CCC(Nc2nc3ccccc3n2Cc2ccc(F)cc2)CC1. The summed E-state index contributed by atoms with van der Waals surface area (Å²) < 4.78 is 15.6. The summed E-state index contributed by atoms with van der Waals surface area (Å²) in [6.45, 7) is 3.97. The second-order valence-electron chi connectivity index (χ2n) is 9.45. The van der Waals surface area contributed by atoms with Crippen molar-refractivity contribution in [3.8, 4) is 0 Å². The molecule has 192 valence electrons. The van der Waals surface area contributed by atoms with Crippen LogP contribution in [0, 0.1) is 5.82 Å². The number of nitrogens with one attached hydrogen (secondary N) is 3. The molecular weight excluding hydrogens is 467 g/mol. The van der Waals surface area contributed by atoms with E-state index in [1.54, 1.807) is 0 Å². The van der Waals surface area contributed by atoms with Crippen molar-refractivity contribution in [3.63, 3.8) is 0 Å². The van der Waals surface area contributed by atoms with Crippen molar-refractivity contribution in [2.75, 3.05) is 43.9 Å². The van der Waals surface area contributed by atoms with Crippen molar-refractivity contribution in [1.29, 1.82) is 0 Å². The number of para-hydroxylation sites is 3. The third-order valence-corrected chi connectivity index (χ3v) is 6.98. The van der Waals surface area contributed by atoms with Crippen LogP contribution in [0.4, 0.5) is 16.0 Å². The summed E-state index contributed by atoms with van der Waals surface area (Å²) in [6, 6.07) is 22.6. The minimum absolute atomic E-state index is 0.0541. The molecule has 0 spiro atoms. The lowest BCUT2D eigenvalue weighted by molar-refractivity contribution is 0.0947. The molecule has 0 radical (unpaired) electrons. The molecule has 5 rings (SSSR count). The van der Waals surface area contributed by atoms with Crippen molar-refractivity contribution in [1.82, 2.24) is 19.8 Å². The molecule has 8 heteroatoms. The van der Waals surface area contributed by atoms with E-state index in [9.17, 15) is 9.18 Å². The van der Waals surface area contributed by atoms with Crippen LogP contribution in [-0.4, -0.2) is 59.6 Å². The molecule has 0 unspecified atom stereocenters. The predicted octanol–water partition coefficient (Wildman–Crippen LogP) is 4.57. The van der Waals surface area contributed by atoms with Crippen molar-refractivity contribution >= 4 is 28.6 Å². The highest BCUT2D eigenvalue weighted by molar-refractivity contribution is 5.99. The average molecular weight is 501 g/mol. The van der Waals surface area contributed by atoms with Crippen LogP contribution in [-0.2, 0) is 6.54 Å². The number of nitrogens with zero attached hydrogens (tertiary/aromatic N) is 3. The zero-order chi connectivity index (χ0) is 25.6. The summed E-state index contributed by atoms with van der Waals surface area (Å²) in [7, 11) is 1.82. The van der Waals surface area contributed by atoms with Crippen LogP contribution in [0.2, 0.25) is 0 Å². The Bertz CT molecular complexity index is 1340. The molecule has 3 aromatic carbocycles. The lowest BCUT2D eigenvalue weighted by Crippen LogP contribution is -2.43. The van der Waals surface area contributed by atoms with Gasteiger partial charge < -0.3 is 25.4 Å². The van der Waals surface area contributed by atoms with E-state index in [0.717, 1.165) is 60.7 Å². The minimum Gasteiger partial charge on any atom is -0.387 e. The van der Waals surface area contributed by atoms with Crippen LogP contribution in [0.15, 0.2) is 72.8 Å². The Balaban J connectivity index is 1.16. The number of amides is 1. The number of anilines is 2. The molecule has 1 aliphatic heterocycles. The van der Waals surface area contributed by atoms with Gasteiger partial charge >= 0.3 is 0 Å². The Hall–Kier alpha value is -3.91. The molecule has 1 amide bonds. The van der Waals surface area contributed by atoms with Crippen molar-refractivity contribution < 1.29 is 9.18 Å². The van der Waals surface area contributed by atoms with Gasteiger partial charge in [-0.15, -0.1) is 0 Å². The Labute approximate surface area is 216 Å². The fourth-order valence-corrected chi connectivity index (χ4v) is 4.92. The van der Waals surface area contributed by atoms with Crippen LogP contribution in [0.25, 0.3) is 11.0 Å². The molecule has 4 aromatic rings. The molecule has 1 saturated heterocycles. The van der Waals surface area contributed by atoms with E-state index in [2.05, 4.69) is 31.5 Å². The maximum absolute atomic E-state index is 13.4. The number of fused-ring (bicyclic) bond motifs is 1. The highest BCUT2D eigenvalue weighted by atomic mass is 19.1. The molecule has 3 N–H and O–H groups in total. The number of benzene rings is 3. The van der Waals surface area contributed by atoms with E-state index in [0.29, 0.717) is 24.7 Å². The second kappa shape index (κ2) is 11.4. The number of piperidine rings is 1. The molecule has 0 aliphatic carbocycles. The minimum atomic E-state index is -0.230. The van der Waals surface area contributed by atoms with Crippen molar-refractivity contribution in [2.24, 2.45) is 0 Å². The largest absolute Gasteiger partial charge is 0.387 e. The number of likely N-dealkylation sites (tertiary alicyclic amines) is 1. The number of halogens is 1. The van der Waals surface area contributed by atoms with Gasteiger partial charge in [-0.3, -0.25) is 4.79 Å². The number of aromatic nitrogens is 2. The molecule has 0 atom stereocenters. The first-order valence-electron chi connectivity index (χ1n) is 12.8. The predicted molar refractivity (Wildman–Crippen MR) is 147 cm³/mol. The zero-order valence-electron chi connectivity index (χ0n) is 21.1. The van der Waals surface area contributed by atoms with Crippen LogP contribution < -0.4 is 16.0 Å². The summed E-state index contributed by atoms with van der Waals surface area (Å²) in [4.78, 5) is 19.8. The molecule has 0 bridgehead atoms. The summed E-state index contributed by atoms with van der Waals surface area (Å²) in [5.74, 6) is 0.563. The third-order valence-electron chi connectivity index (χ3n) is 6.98. The highest BCUT2D eigenvalue weighted by Gasteiger charge is 2.21. The number of imidazole rings is 1. The van der Waals surface area contributed by atoms with Crippen LogP contribution in [0.1, 0.15) is 28.8 Å². The van der Waals surface area contributed by atoms with Crippen LogP contribution in [0.5, 0.6) is 0 Å². The topological polar surface area (TPSA) is 74.2 Å². The molecular formula is C29H33FN6O. The maximum Gasteiger partial charge on any atom is 0.253 e. The summed E-state index contributed by atoms with van der Waals surface area (Å²) in [5, 5.41) is 9.79. The first-order valence-corrected chi connectivity index (χ1v) is 12.8. The summed E-state index contributed by atoms with van der Waals surface area (Å²) >= 11 is 0. The Kier molecular flexibility index (Phi) is 7.65. The van der Waals surface area contributed by atoms with Gasteiger partial charge in [0.1, 0.15) is 5.82 Å². The van der Waals surface area contributed by atoms with Crippen molar-refractivity contribution in [2.45, 2.75) is 25.4 Å². The Morgan fingerprint density at radius 1 is 1.00 bits per heavy atom. The van der Waals surface area contributed by atoms with Crippen LogP contribution >= 0.6 is 0 Å². The van der Waals surface area contributed by atoms with E-state index in [1.165, 1.54) is 12.1 Å². The zero-order valence-corrected chi connectivity index (χ0v) is 21.1. The van der Waals surface area contributed by atoms with Crippen molar-refractivity contribution in [3.05, 3.63) is 89.7 Å². The first-order chi connectivity index (χ1) is 18.1. The highest BCUT2D eigenvalue weighted by Crippen LogP contribution is 2.24.